The molecular weight excluding hydrogens is 188 g/mol. The van der Waals surface area contributed by atoms with Crippen molar-refractivity contribution in [2.45, 2.75) is 45.2 Å². The molecule has 1 saturated heterocycles. The van der Waals surface area contributed by atoms with Gasteiger partial charge in [-0.1, -0.05) is 44.2 Å². The number of benzene rings is 1. The second kappa shape index (κ2) is 4.77. The minimum Gasteiger partial charge on any atom is -0.342 e. The van der Waals surface area contributed by atoms with E-state index in [2.05, 4.69) is 26.0 Å². The molecule has 1 fully saturated rings. The number of ether oxygens (including phenoxy) is 2. The third-order valence-electron chi connectivity index (χ3n) is 2.89. The molecule has 0 spiro atoms. The maximum atomic E-state index is 5.88. The van der Waals surface area contributed by atoms with Gasteiger partial charge in [-0.2, -0.15) is 0 Å². The van der Waals surface area contributed by atoms with Gasteiger partial charge in [-0.25, -0.2) is 0 Å². The molecule has 0 amide bonds. The zero-order valence-electron chi connectivity index (χ0n) is 9.35. The normalized spacial score (nSPS) is 27.1. The lowest BCUT2D eigenvalue weighted by atomic mass is 10.1. The summed E-state index contributed by atoms with van der Waals surface area (Å²) in [6.07, 6.45) is 2.37. The topological polar surface area (TPSA) is 18.5 Å². The minimum atomic E-state index is -0.166. The third kappa shape index (κ3) is 2.21. The van der Waals surface area contributed by atoms with E-state index in [1.54, 1.807) is 0 Å². The lowest BCUT2D eigenvalue weighted by Gasteiger charge is -2.11. The van der Waals surface area contributed by atoms with Crippen LogP contribution in [0, 0.1) is 0 Å². The Kier molecular flexibility index (Phi) is 3.39. The van der Waals surface area contributed by atoms with Crippen LogP contribution in [0.1, 0.15) is 38.5 Å². The van der Waals surface area contributed by atoms with E-state index in [1.807, 2.05) is 18.2 Å². The number of hydrogen-bond acceptors (Lipinski definition) is 2. The van der Waals surface area contributed by atoms with Gasteiger partial charge in [0, 0.05) is 5.56 Å². The summed E-state index contributed by atoms with van der Waals surface area (Å²) in [4.78, 5) is 0. The molecule has 0 bridgehead atoms. The lowest BCUT2D eigenvalue weighted by Crippen LogP contribution is -2.20. The summed E-state index contributed by atoms with van der Waals surface area (Å²) in [5.41, 5.74) is 1.12. The molecular formula is C13H18O2. The highest BCUT2D eigenvalue weighted by atomic mass is 16.7. The van der Waals surface area contributed by atoms with Gasteiger partial charge in [-0.3, -0.25) is 0 Å². The highest BCUT2D eigenvalue weighted by Crippen LogP contribution is 2.33. The van der Waals surface area contributed by atoms with Crippen LogP contribution in [0.25, 0.3) is 0 Å². The SMILES string of the molecule is CC[C@@H]1OC(c2ccccc2)O[C@H]1CC. The van der Waals surface area contributed by atoms with Crippen molar-refractivity contribution in [3.8, 4) is 0 Å². The molecule has 2 atom stereocenters. The van der Waals surface area contributed by atoms with Crippen LogP contribution in [-0.4, -0.2) is 12.2 Å². The van der Waals surface area contributed by atoms with Gasteiger partial charge in [0.1, 0.15) is 0 Å². The first-order valence-electron chi connectivity index (χ1n) is 5.71. The van der Waals surface area contributed by atoms with E-state index in [0.717, 1.165) is 18.4 Å². The highest BCUT2D eigenvalue weighted by molar-refractivity contribution is 5.16. The maximum Gasteiger partial charge on any atom is 0.184 e. The lowest BCUT2D eigenvalue weighted by molar-refractivity contribution is -0.0693. The Hall–Kier alpha value is -0.860. The molecule has 2 nitrogen and oxygen atoms in total. The Labute approximate surface area is 91.2 Å². The standard InChI is InChI=1S/C13H18O2/c1-3-11-12(4-2)15-13(14-11)10-8-6-5-7-9-10/h5-9,11-13H,3-4H2,1-2H3/t11-,12-/m0/s1. The van der Waals surface area contributed by atoms with E-state index in [-0.39, 0.29) is 18.5 Å². The van der Waals surface area contributed by atoms with Gasteiger partial charge in [-0.15, -0.1) is 0 Å². The highest BCUT2D eigenvalue weighted by Gasteiger charge is 2.34. The fourth-order valence-corrected chi connectivity index (χ4v) is 2.01. The van der Waals surface area contributed by atoms with Gasteiger partial charge < -0.3 is 9.47 Å². The summed E-state index contributed by atoms with van der Waals surface area (Å²) in [6, 6.07) is 10.1. The van der Waals surface area contributed by atoms with E-state index in [0.29, 0.717) is 0 Å². The molecule has 82 valence electrons. The van der Waals surface area contributed by atoms with Crippen molar-refractivity contribution >= 4 is 0 Å². The van der Waals surface area contributed by atoms with Crippen LogP contribution in [0.3, 0.4) is 0 Å². The Morgan fingerprint density at radius 3 is 1.93 bits per heavy atom. The number of hydrogen-bond donors (Lipinski definition) is 0. The molecule has 0 aromatic heterocycles. The molecule has 0 saturated carbocycles. The first-order chi connectivity index (χ1) is 7.35. The third-order valence-corrected chi connectivity index (χ3v) is 2.89. The summed E-state index contributed by atoms with van der Waals surface area (Å²) in [7, 11) is 0. The van der Waals surface area contributed by atoms with Gasteiger partial charge in [0.25, 0.3) is 0 Å². The second-order valence-corrected chi connectivity index (χ2v) is 3.91. The predicted octanol–water partition coefficient (Wildman–Crippen LogP) is 3.29. The molecule has 0 N–H and O–H groups in total. The average Bonchev–Trinajstić information content (AvgIpc) is 2.73. The molecule has 15 heavy (non-hydrogen) atoms. The monoisotopic (exact) mass is 206 g/mol. The Balaban J connectivity index is 2.08. The van der Waals surface area contributed by atoms with Crippen LogP contribution < -0.4 is 0 Å². The molecule has 1 aliphatic heterocycles. The van der Waals surface area contributed by atoms with Gasteiger partial charge in [-0.05, 0) is 12.8 Å². The van der Waals surface area contributed by atoms with Crippen molar-refractivity contribution in [3.05, 3.63) is 35.9 Å². The van der Waals surface area contributed by atoms with Crippen molar-refractivity contribution in [1.82, 2.24) is 0 Å². The van der Waals surface area contributed by atoms with Gasteiger partial charge >= 0.3 is 0 Å². The Bertz CT molecular complexity index is 285. The van der Waals surface area contributed by atoms with Crippen molar-refractivity contribution in [1.29, 1.82) is 0 Å². The maximum absolute atomic E-state index is 5.88. The first kappa shape index (κ1) is 10.7. The van der Waals surface area contributed by atoms with E-state index in [4.69, 9.17) is 9.47 Å². The van der Waals surface area contributed by atoms with Crippen LogP contribution >= 0.6 is 0 Å². The van der Waals surface area contributed by atoms with Crippen molar-refractivity contribution < 1.29 is 9.47 Å². The Morgan fingerprint density at radius 2 is 1.47 bits per heavy atom. The summed E-state index contributed by atoms with van der Waals surface area (Å²) in [5, 5.41) is 0. The second-order valence-electron chi connectivity index (χ2n) is 3.91. The summed E-state index contributed by atoms with van der Waals surface area (Å²) in [5.74, 6) is 0. The fraction of sp³-hybridized carbons (Fsp3) is 0.538. The molecule has 2 rings (SSSR count). The molecule has 1 aromatic rings. The smallest absolute Gasteiger partial charge is 0.184 e. The first-order valence-corrected chi connectivity index (χ1v) is 5.71. The average molecular weight is 206 g/mol. The van der Waals surface area contributed by atoms with E-state index in [9.17, 15) is 0 Å². The zero-order chi connectivity index (χ0) is 10.7. The van der Waals surface area contributed by atoms with E-state index < -0.39 is 0 Å². The van der Waals surface area contributed by atoms with Crippen LogP contribution in [0.2, 0.25) is 0 Å². The summed E-state index contributed by atoms with van der Waals surface area (Å²) in [6.45, 7) is 4.29. The quantitative estimate of drug-likeness (QED) is 0.755. The minimum absolute atomic E-state index is 0.166. The van der Waals surface area contributed by atoms with Crippen molar-refractivity contribution in [3.63, 3.8) is 0 Å². The molecule has 0 aliphatic carbocycles. The van der Waals surface area contributed by atoms with E-state index in [1.165, 1.54) is 0 Å². The van der Waals surface area contributed by atoms with Crippen LogP contribution in [-0.2, 0) is 9.47 Å². The molecule has 1 aromatic carbocycles. The van der Waals surface area contributed by atoms with Crippen molar-refractivity contribution in [2.75, 3.05) is 0 Å². The van der Waals surface area contributed by atoms with Gasteiger partial charge in [0.15, 0.2) is 6.29 Å². The fourth-order valence-electron chi connectivity index (χ4n) is 2.01. The molecule has 0 radical (unpaired) electrons. The Morgan fingerprint density at radius 1 is 0.933 bits per heavy atom. The molecule has 2 heteroatoms. The molecule has 0 unspecified atom stereocenters. The van der Waals surface area contributed by atoms with Gasteiger partial charge in [0.2, 0.25) is 0 Å². The van der Waals surface area contributed by atoms with Gasteiger partial charge in [0.05, 0.1) is 12.2 Å². The summed E-state index contributed by atoms with van der Waals surface area (Å²) < 4.78 is 11.8. The van der Waals surface area contributed by atoms with Crippen molar-refractivity contribution in [2.24, 2.45) is 0 Å². The molecule has 1 heterocycles. The predicted molar refractivity (Wildman–Crippen MR) is 59.5 cm³/mol. The van der Waals surface area contributed by atoms with Crippen LogP contribution in [0.4, 0.5) is 0 Å². The van der Waals surface area contributed by atoms with E-state index >= 15 is 0 Å². The molecule has 1 aliphatic rings. The largest absolute Gasteiger partial charge is 0.342 e. The number of rotatable bonds is 3. The zero-order valence-corrected chi connectivity index (χ0v) is 9.35. The summed E-state index contributed by atoms with van der Waals surface area (Å²) >= 11 is 0. The van der Waals surface area contributed by atoms with Crippen LogP contribution in [0.15, 0.2) is 30.3 Å². The van der Waals surface area contributed by atoms with Crippen LogP contribution in [0.5, 0.6) is 0 Å².